The van der Waals surface area contributed by atoms with Gasteiger partial charge in [0, 0.05) is 0 Å². The van der Waals surface area contributed by atoms with E-state index in [0.29, 0.717) is 0 Å². The molecule has 0 spiro atoms. The maximum Gasteiger partial charge on any atom is 0.408 e. The van der Waals surface area contributed by atoms with E-state index in [9.17, 15) is 19.5 Å². The van der Waals surface area contributed by atoms with Crippen molar-refractivity contribution in [2.45, 2.75) is 51.9 Å². The van der Waals surface area contributed by atoms with Gasteiger partial charge >= 0.3 is 18.0 Å². The molecule has 24 heavy (non-hydrogen) atoms. The van der Waals surface area contributed by atoms with E-state index < -0.39 is 35.6 Å². The zero-order chi connectivity index (χ0) is 18.4. The topological polar surface area (TPSA) is 102 Å². The number of carbonyl (C=O) groups is 3. The molecule has 132 valence electrons. The number of benzene rings is 1. The van der Waals surface area contributed by atoms with Crippen LogP contribution in [0.1, 0.15) is 39.7 Å². The number of rotatable bonds is 6. The number of carboxylic acid groups (broad SMARTS) is 1. The van der Waals surface area contributed by atoms with Crippen molar-refractivity contribution in [2.75, 3.05) is 0 Å². The number of carboxylic acids is 1. The van der Waals surface area contributed by atoms with E-state index in [-0.39, 0.29) is 6.61 Å². The highest BCUT2D eigenvalue weighted by Gasteiger charge is 2.39. The summed E-state index contributed by atoms with van der Waals surface area (Å²) in [5, 5.41) is 11.6. The highest BCUT2D eigenvalue weighted by molar-refractivity contribution is 5.89. The molecule has 0 aromatic heterocycles. The summed E-state index contributed by atoms with van der Waals surface area (Å²) in [7, 11) is 0. The molecule has 0 fully saturated rings. The number of aliphatic carboxylic acids is 1. The second-order valence-electron chi connectivity index (χ2n) is 6.59. The Kier molecular flexibility index (Phi) is 6.34. The monoisotopic (exact) mass is 337 g/mol. The molecule has 0 radical (unpaired) electrons. The van der Waals surface area contributed by atoms with Crippen molar-refractivity contribution in [3.63, 3.8) is 0 Å². The molecule has 0 unspecified atom stereocenters. The molecule has 0 bridgehead atoms. The lowest BCUT2D eigenvalue weighted by atomic mass is 9.98. The van der Waals surface area contributed by atoms with Gasteiger partial charge in [-0.2, -0.15) is 0 Å². The summed E-state index contributed by atoms with van der Waals surface area (Å²) in [5.41, 5.74) is -1.81. The fourth-order valence-electron chi connectivity index (χ4n) is 1.82. The van der Waals surface area contributed by atoms with Gasteiger partial charge in [0.1, 0.15) is 17.7 Å². The predicted molar refractivity (Wildman–Crippen MR) is 86.3 cm³/mol. The normalized spacial score (nSPS) is 13.5. The minimum absolute atomic E-state index is 0.00515. The first kappa shape index (κ1) is 19.5. The maximum absolute atomic E-state index is 11.9. The molecule has 1 aromatic carbocycles. The molecule has 0 heterocycles. The van der Waals surface area contributed by atoms with E-state index in [1.54, 1.807) is 45.0 Å². The van der Waals surface area contributed by atoms with Crippen LogP contribution in [0.25, 0.3) is 0 Å². The number of carbonyl (C=O) groups excluding carboxylic acids is 2. The molecule has 0 aliphatic heterocycles. The fraction of sp³-hybridized carbons (Fsp3) is 0.471. The first-order valence-electron chi connectivity index (χ1n) is 7.46. The standard InChI is InChI=1S/C17H23NO6/c1-16(2,3)24-13(19)10-17(4,14(20)21)18-15(22)23-11-12-8-6-5-7-9-12/h5-9H,10-11H2,1-4H3,(H,18,22)(H,20,21)/t17-/m0/s1. The van der Waals surface area contributed by atoms with Gasteiger partial charge in [0.05, 0.1) is 6.42 Å². The van der Waals surface area contributed by atoms with Crippen LogP contribution in [0, 0.1) is 0 Å². The van der Waals surface area contributed by atoms with E-state index >= 15 is 0 Å². The number of amides is 1. The van der Waals surface area contributed by atoms with Crippen LogP contribution in [0.4, 0.5) is 4.79 Å². The van der Waals surface area contributed by atoms with Gasteiger partial charge in [0.15, 0.2) is 0 Å². The Bertz CT molecular complexity index is 593. The zero-order valence-electron chi connectivity index (χ0n) is 14.3. The summed E-state index contributed by atoms with van der Waals surface area (Å²) in [4.78, 5) is 35.2. The number of ether oxygens (including phenoxy) is 2. The number of esters is 1. The number of nitrogens with one attached hydrogen (secondary N) is 1. The summed E-state index contributed by atoms with van der Waals surface area (Å²) in [6, 6.07) is 8.95. The third-order valence-corrected chi connectivity index (χ3v) is 2.98. The van der Waals surface area contributed by atoms with E-state index in [4.69, 9.17) is 9.47 Å². The van der Waals surface area contributed by atoms with E-state index in [0.717, 1.165) is 5.56 Å². The van der Waals surface area contributed by atoms with E-state index in [2.05, 4.69) is 5.32 Å². The molecule has 7 heteroatoms. The van der Waals surface area contributed by atoms with Crippen molar-refractivity contribution in [2.24, 2.45) is 0 Å². The Morgan fingerprint density at radius 3 is 2.17 bits per heavy atom. The summed E-state index contributed by atoms with van der Waals surface area (Å²) in [5.74, 6) is -2.08. The molecule has 1 aromatic rings. The molecule has 1 amide bonds. The van der Waals surface area contributed by atoms with Crippen LogP contribution in [-0.2, 0) is 25.7 Å². The highest BCUT2D eigenvalue weighted by atomic mass is 16.6. The molecule has 7 nitrogen and oxygen atoms in total. The molecule has 0 saturated carbocycles. The quantitative estimate of drug-likeness (QED) is 0.773. The lowest BCUT2D eigenvalue weighted by molar-refractivity contribution is -0.161. The first-order valence-corrected chi connectivity index (χ1v) is 7.46. The number of hydrogen-bond acceptors (Lipinski definition) is 5. The summed E-state index contributed by atoms with van der Waals surface area (Å²) in [6.07, 6.45) is -1.44. The second kappa shape index (κ2) is 7.81. The molecule has 0 aliphatic carbocycles. The Labute approximate surface area is 141 Å². The van der Waals surface area contributed by atoms with Crippen molar-refractivity contribution < 1.29 is 29.0 Å². The average molecular weight is 337 g/mol. The van der Waals surface area contributed by atoms with E-state index in [1.807, 2.05) is 6.07 Å². The van der Waals surface area contributed by atoms with Crippen LogP contribution in [0.15, 0.2) is 30.3 Å². The molecular weight excluding hydrogens is 314 g/mol. The molecule has 1 atom stereocenters. The van der Waals surface area contributed by atoms with Crippen LogP contribution in [-0.4, -0.2) is 34.3 Å². The van der Waals surface area contributed by atoms with Gasteiger partial charge in [0.2, 0.25) is 0 Å². The van der Waals surface area contributed by atoms with Crippen molar-refractivity contribution in [3.05, 3.63) is 35.9 Å². The molecule has 1 rings (SSSR count). The van der Waals surface area contributed by atoms with E-state index in [1.165, 1.54) is 6.92 Å². The largest absolute Gasteiger partial charge is 0.479 e. The van der Waals surface area contributed by atoms with Crippen LogP contribution in [0.5, 0.6) is 0 Å². The van der Waals surface area contributed by atoms with Crippen molar-refractivity contribution in [1.82, 2.24) is 5.32 Å². The predicted octanol–water partition coefficient (Wildman–Crippen LogP) is 2.49. The minimum atomic E-state index is -1.82. The van der Waals surface area contributed by atoms with Gasteiger partial charge in [-0.05, 0) is 33.3 Å². The fourth-order valence-corrected chi connectivity index (χ4v) is 1.82. The highest BCUT2D eigenvalue weighted by Crippen LogP contribution is 2.16. The zero-order valence-corrected chi connectivity index (χ0v) is 14.3. The van der Waals surface area contributed by atoms with Crippen molar-refractivity contribution >= 4 is 18.0 Å². The molecule has 0 aliphatic rings. The third kappa shape index (κ3) is 6.68. The number of alkyl carbamates (subject to hydrolysis) is 1. The lowest BCUT2D eigenvalue weighted by Crippen LogP contribution is -2.54. The van der Waals surface area contributed by atoms with Gasteiger partial charge in [-0.3, -0.25) is 4.79 Å². The van der Waals surface area contributed by atoms with Crippen LogP contribution >= 0.6 is 0 Å². The molecule has 2 N–H and O–H groups in total. The Hall–Kier alpha value is -2.57. The number of hydrogen-bond donors (Lipinski definition) is 2. The third-order valence-electron chi connectivity index (χ3n) is 2.98. The minimum Gasteiger partial charge on any atom is -0.479 e. The molecular formula is C17H23NO6. The van der Waals surface area contributed by atoms with Crippen molar-refractivity contribution in [3.8, 4) is 0 Å². The van der Waals surface area contributed by atoms with Gasteiger partial charge in [-0.1, -0.05) is 30.3 Å². The van der Waals surface area contributed by atoms with Gasteiger partial charge in [-0.15, -0.1) is 0 Å². The molecule has 0 saturated heterocycles. The Morgan fingerprint density at radius 2 is 1.67 bits per heavy atom. The smallest absolute Gasteiger partial charge is 0.408 e. The van der Waals surface area contributed by atoms with Gasteiger partial charge in [0.25, 0.3) is 0 Å². The Morgan fingerprint density at radius 1 is 1.08 bits per heavy atom. The van der Waals surface area contributed by atoms with Crippen LogP contribution in [0.2, 0.25) is 0 Å². The van der Waals surface area contributed by atoms with Crippen molar-refractivity contribution in [1.29, 1.82) is 0 Å². The second-order valence-corrected chi connectivity index (χ2v) is 6.59. The summed E-state index contributed by atoms with van der Waals surface area (Å²) >= 11 is 0. The Balaban J connectivity index is 2.65. The van der Waals surface area contributed by atoms with Gasteiger partial charge in [-0.25, -0.2) is 9.59 Å². The average Bonchev–Trinajstić information content (AvgIpc) is 2.43. The lowest BCUT2D eigenvalue weighted by Gasteiger charge is -2.27. The maximum atomic E-state index is 11.9. The van der Waals surface area contributed by atoms with Crippen LogP contribution < -0.4 is 5.32 Å². The van der Waals surface area contributed by atoms with Crippen LogP contribution in [0.3, 0.4) is 0 Å². The SMILES string of the molecule is CC(C)(C)OC(=O)C[C@](C)(NC(=O)OCc1ccccc1)C(=O)O. The first-order chi connectivity index (χ1) is 11.0. The van der Waals surface area contributed by atoms with Gasteiger partial charge < -0.3 is 19.9 Å². The summed E-state index contributed by atoms with van der Waals surface area (Å²) < 4.78 is 10.1. The summed E-state index contributed by atoms with van der Waals surface area (Å²) in [6.45, 7) is 6.23.